The Hall–Kier alpha value is -2.63. The zero-order valence-electron chi connectivity index (χ0n) is 15.0. The van der Waals surface area contributed by atoms with Crippen LogP contribution in [0, 0.1) is 13.8 Å². The van der Waals surface area contributed by atoms with Gasteiger partial charge in [-0.15, -0.1) is 0 Å². The predicted molar refractivity (Wildman–Crippen MR) is 97.0 cm³/mol. The highest BCUT2D eigenvalue weighted by Crippen LogP contribution is 2.18. The number of rotatable bonds is 6. The van der Waals surface area contributed by atoms with Gasteiger partial charge in [0.1, 0.15) is 6.10 Å². The van der Waals surface area contributed by atoms with E-state index in [1.54, 1.807) is 0 Å². The number of hydrogen-bond donors (Lipinski definition) is 1. The van der Waals surface area contributed by atoms with E-state index < -0.39 is 0 Å². The number of amides is 1. The largest absolute Gasteiger partial charge is 0.390 e. The second kappa shape index (κ2) is 7.51. The first-order chi connectivity index (χ1) is 12.1. The average Bonchev–Trinajstić information content (AvgIpc) is 3.20. The Morgan fingerprint density at radius 1 is 1.32 bits per heavy atom. The van der Waals surface area contributed by atoms with Crippen molar-refractivity contribution in [3.8, 4) is 5.69 Å². The lowest BCUT2D eigenvalue weighted by Crippen LogP contribution is -2.33. The van der Waals surface area contributed by atoms with Gasteiger partial charge < -0.3 is 10.2 Å². The normalized spacial score (nSPS) is 16.4. The highest BCUT2D eigenvalue weighted by Gasteiger charge is 2.21. The van der Waals surface area contributed by atoms with E-state index in [2.05, 4.69) is 22.5 Å². The third kappa shape index (κ3) is 3.90. The van der Waals surface area contributed by atoms with Crippen molar-refractivity contribution in [1.29, 1.82) is 0 Å². The van der Waals surface area contributed by atoms with Gasteiger partial charge in [0.2, 0.25) is 5.91 Å². The van der Waals surface area contributed by atoms with Crippen molar-refractivity contribution in [2.24, 2.45) is 5.16 Å². The minimum atomic E-state index is -0.0480. The van der Waals surface area contributed by atoms with Crippen LogP contribution in [0.1, 0.15) is 36.7 Å². The highest BCUT2D eigenvalue weighted by molar-refractivity contribution is 5.85. The lowest BCUT2D eigenvalue weighted by molar-refractivity contribution is -0.121. The summed E-state index contributed by atoms with van der Waals surface area (Å²) in [5, 5.41) is 11.5. The van der Waals surface area contributed by atoms with Crippen molar-refractivity contribution in [1.82, 2.24) is 15.1 Å². The van der Waals surface area contributed by atoms with Crippen molar-refractivity contribution < 1.29 is 9.63 Å². The Morgan fingerprint density at radius 2 is 2.08 bits per heavy atom. The highest BCUT2D eigenvalue weighted by atomic mass is 16.6. The van der Waals surface area contributed by atoms with Gasteiger partial charge in [0.05, 0.1) is 30.1 Å². The topological polar surface area (TPSA) is 68.5 Å². The Balaban J connectivity index is 1.61. The summed E-state index contributed by atoms with van der Waals surface area (Å²) >= 11 is 0. The van der Waals surface area contributed by atoms with Crippen LogP contribution in [-0.4, -0.2) is 34.0 Å². The molecule has 0 saturated heterocycles. The first-order valence-electron chi connectivity index (χ1n) is 8.67. The van der Waals surface area contributed by atoms with Crippen LogP contribution in [0.2, 0.25) is 0 Å². The molecule has 1 aliphatic rings. The van der Waals surface area contributed by atoms with Gasteiger partial charge in [-0.05, 0) is 32.4 Å². The Bertz CT molecular complexity index is 780. The zero-order chi connectivity index (χ0) is 17.8. The smallest absolute Gasteiger partial charge is 0.224 e. The first-order valence-corrected chi connectivity index (χ1v) is 8.67. The maximum atomic E-state index is 12.3. The fourth-order valence-corrected chi connectivity index (χ4v) is 3.01. The number of nitrogens with one attached hydrogen (secondary N) is 1. The molecule has 0 radical (unpaired) electrons. The number of carbonyl (C=O) groups is 1. The van der Waals surface area contributed by atoms with Crippen LogP contribution in [0.5, 0.6) is 0 Å². The van der Waals surface area contributed by atoms with Crippen LogP contribution < -0.4 is 5.32 Å². The molecule has 0 aliphatic carbocycles. The van der Waals surface area contributed by atoms with E-state index in [0.717, 1.165) is 41.2 Å². The molecule has 132 valence electrons. The molecule has 1 aliphatic heterocycles. The molecule has 6 nitrogen and oxygen atoms in total. The minimum Gasteiger partial charge on any atom is -0.390 e. The summed E-state index contributed by atoms with van der Waals surface area (Å²) in [4.78, 5) is 17.7. The molecular weight excluding hydrogens is 316 g/mol. The fraction of sp³-hybridized carbons (Fsp3) is 0.421. The summed E-state index contributed by atoms with van der Waals surface area (Å²) in [6.45, 7) is 6.48. The van der Waals surface area contributed by atoms with Gasteiger partial charge in [-0.25, -0.2) is 4.68 Å². The van der Waals surface area contributed by atoms with Gasteiger partial charge in [-0.1, -0.05) is 30.3 Å². The molecule has 3 rings (SSSR count). The molecule has 2 heterocycles. The van der Waals surface area contributed by atoms with E-state index >= 15 is 0 Å². The monoisotopic (exact) mass is 340 g/mol. The molecule has 0 fully saturated rings. The number of hydrogen-bond acceptors (Lipinski definition) is 4. The number of carbonyl (C=O) groups excluding carboxylic acids is 1. The lowest BCUT2D eigenvalue weighted by atomic mass is 10.1. The van der Waals surface area contributed by atoms with Crippen LogP contribution in [-0.2, 0) is 16.1 Å². The number of nitrogens with zero attached hydrogens (tertiary/aromatic N) is 3. The Labute approximate surface area is 147 Å². The van der Waals surface area contributed by atoms with Crippen LogP contribution in [0.15, 0.2) is 35.5 Å². The molecule has 1 amide bonds. The Morgan fingerprint density at radius 3 is 2.76 bits per heavy atom. The maximum Gasteiger partial charge on any atom is 0.224 e. The quantitative estimate of drug-likeness (QED) is 0.879. The van der Waals surface area contributed by atoms with Crippen molar-refractivity contribution in [2.75, 3.05) is 6.54 Å². The number of benzene rings is 1. The molecule has 25 heavy (non-hydrogen) atoms. The maximum absolute atomic E-state index is 12.3. The van der Waals surface area contributed by atoms with Gasteiger partial charge in [0, 0.05) is 17.7 Å². The van der Waals surface area contributed by atoms with E-state index in [4.69, 9.17) is 4.84 Å². The van der Waals surface area contributed by atoms with Gasteiger partial charge in [0.15, 0.2) is 0 Å². The van der Waals surface area contributed by atoms with E-state index in [1.165, 1.54) is 0 Å². The van der Waals surface area contributed by atoms with Crippen molar-refractivity contribution >= 4 is 11.6 Å². The van der Waals surface area contributed by atoms with Gasteiger partial charge >= 0.3 is 0 Å². The number of aromatic nitrogens is 2. The van der Waals surface area contributed by atoms with Gasteiger partial charge in [0.25, 0.3) is 0 Å². The number of para-hydroxylation sites is 1. The van der Waals surface area contributed by atoms with E-state index in [0.29, 0.717) is 13.0 Å². The SMILES string of the molecule is CCC1=NOC(CNC(=O)Cc2c(C)nn(-c3ccccc3)c2C)C1. The number of aryl methyl sites for hydroxylation is 1. The molecule has 1 N–H and O–H groups in total. The average molecular weight is 340 g/mol. The summed E-state index contributed by atoms with van der Waals surface area (Å²) < 4.78 is 1.89. The van der Waals surface area contributed by atoms with Crippen LogP contribution in [0.3, 0.4) is 0 Å². The van der Waals surface area contributed by atoms with E-state index in [9.17, 15) is 4.79 Å². The molecular formula is C19H24N4O2. The second-order valence-electron chi connectivity index (χ2n) is 6.32. The summed E-state index contributed by atoms with van der Waals surface area (Å²) in [7, 11) is 0. The van der Waals surface area contributed by atoms with E-state index in [1.807, 2.05) is 48.9 Å². The summed E-state index contributed by atoms with van der Waals surface area (Å²) in [5.41, 5.74) is 4.89. The van der Waals surface area contributed by atoms with Gasteiger partial charge in [-0.3, -0.25) is 4.79 Å². The molecule has 1 aromatic carbocycles. The predicted octanol–water partition coefficient (Wildman–Crippen LogP) is 2.70. The molecule has 2 aromatic rings. The van der Waals surface area contributed by atoms with Crippen LogP contribution >= 0.6 is 0 Å². The molecule has 0 spiro atoms. The molecule has 0 saturated carbocycles. The zero-order valence-corrected chi connectivity index (χ0v) is 15.0. The lowest BCUT2D eigenvalue weighted by Gasteiger charge is -2.10. The summed E-state index contributed by atoms with van der Waals surface area (Å²) in [6.07, 6.45) is 1.95. The standard InChI is InChI=1S/C19H24N4O2/c1-4-15-10-17(25-22-15)12-20-19(24)11-18-13(2)21-23(14(18)3)16-8-6-5-7-9-16/h5-9,17H,4,10-12H2,1-3H3,(H,20,24). The van der Waals surface area contributed by atoms with E-state index in [-0.39, 0.29) is 12.0 Å². The third-order valence-electron chi connectivity index (χ3n) is 4.51. The number of oxime groups is 1. The molecule has 6 heteroatoms. The second-order valence-corrected chi connectivity index (χ2v) is 6.32. The minimum absolute atomic E-state index is 0.0210. The van der Waals surface area contributed by atoms with Crippen molar-refractivity contribution in [3.05, 3.63) is 47.3 Å². The molecule has 1 unspecified atom stereocenters. The molecule has 0 bridgehead atoms. The van der Waals surface area contributed by atoms with Crippen LogP contribution in [0.25, 0.3) is 5.69 Å². The first kappa shape index (κ1) is 17.2. The van der Waals surface area contributed by atoms with Gasteiger partial charge in [-0.2, -0.15) is 5.10 Å². The third-order valence-corrected chi connectivity index (χ3v) is 4.51. The van der Waals surface area contributed by atoms with Crippen molar-refractivity contribution in [3.63, 3.8) is 0 Å². The summed E-state index contributed by atoms with van der Waals surface area (Å²) in [5.74, 6) is -0.0210. The fourth-order valence-electron chi connectivity index (χ4n) is 3.01. The van der Waals surface area contributed by atoms with Crippen molar-refractivity contribution in [2.45, 2.75) is 46.1 Å². The summed E-state index contributed by atoms with van der Waals surface area (Å²) in [6, 6.07) is 9.94. The molecule has 1 atom stereocenters. The Kier molecular flexibility index (Phi) is 5.16. The molecule has 1 aromatic heterocycles. The van der Waals surface area contributed by atoms with Crippen LogP contribution in [0.4, 0.5) is 0 Å².